The van der Waals surface area contributed by atoms with Gasteiger partial charge in [0.05, 0.1) is 62.9 Å². The Kier molecular flexibility index (Phi) is 16.9. The zero-order chi connectivity index (χ0) is 53.6. The number of nitrogens with zero attached hydrogens (tertiary/aromatic N) is 5. The lowest BCUT2D eigenvalue weighted by Crippen LogP contribution is -2.30. The highest BCUT2D eigenvalue weighted by atomic mass is 35.5. The third kappa shape index (κ3) is 12.0. The van der Waals surface area contributed by atoms with Gasteiger partial charge in [-0.15, -0.1) is 6.58 Å². The molecule has 8 rings (SSSR count). The van der Waals surface area contributed by atoms with Crippen molar-refractivity contribution in [2.75, 3.05) is 26.9 Å². The summed E-state index contributed by atoms with van der Waals surface area (Å²) in [6.45, 7) is 8.20. The average Bonchev–Trinajstić information content (AvgIpc) is 3.72. The molecule has 0 radical (unpaired) electrons. The first-order chi connectivity index (χ1) is 36.0. The molecule has 75 heavy (non-hydrogen) atoms. The summed E-state index contributed by atoms with van der Waals surface area (Å²) in [5.74, 6) is -1.18. The van der Waals surface area contributed by atoms with Gasteiger partial charge in [0.15, 0.2) is 11.6 Å². The number of fused-ring (bicyclic) bond motifs is 1. The molecule has 0 amide bonds. The third-order valence-electron chi connectivity index (χ3n) is 11.7. The Morgan fingerprint density at radius 2 is 1.59 bits per heavy atom. The zero-order valence-corrected chi connectivity index (χ0v) is 43.7. The highest BCUT2D eigenvalue weighted by molar-refractivity contribution is 7.86. The second-order valence-corrected chi connectivity index (χ2v) is 19.6. The van der Waals surface area contributed by atoms with E-state index in [1.165, 1.54) is 60.7 Å². The maximum absolute atomic E-state index is 14.5. The van der Waals surface area contributed by atoms with Crippen molar-refractivity contribution < 1.29 is 55.7 Å². The molecule has 5 aromatic carbocycles. The van der Waals surface area contributed by atoms with E-state index < -0.39 is 40.7 Å². The Labute approximate surface area is 446 Å². The van der Waals surface area contributed by atoms with Gasteiger partial charge in [0.25, 0.3) is 10.1 Å². The van der Waals surface area contributed by atoms with Gasteiger partial charge in [-0.2, -0.15) is 13.4 Å². The largest absolute Gasteiger partial charge is 0.508 e. The van der Waals surface area contributed by atoms with Gasteiger partial charge < -0.3 is 38.5 Å². The van der Waals surface area contributed by atoms with Crippen LogP contribution in [0.1, 0.15) is 27.9 Å². The fourth-order valence-corrected chi connectivity index (χ4v) is 9.83. The first kappa shape index (κ1) is 54.0. The summed E-state index contributed by atoms with van der Waals surface area (Å²) in [4.78, 5) is 31.2. The van der Waals surface area contributed by atoms with Gasteiger partial charge >= 0.3 is 5.97 Å². The number of para-hydroxylation sites is 1. The second kappa shape index (κ2) is 23.5. The number of phenolic OH excluding ortho intramolecular Hbond substituents is 1. The number of rotatable bonds is 22. The number of aryl methyl sites for hydroxylation is 1. The summed E-state index contributed by atoms with van der Waals surface area (Å²) in [7, 11) is -2.69. The number of hydrogen-bond donors (Lipinski definition) is 2. The van der Waals surface area contributed by atoms with E-state index in [0.717, 1.165) is 11.9 Å². The third-order valence-corrected chi connectivity index (χ3v) is 14.3. The van der Waals surface area contributed by atoms with Crippen LogP contribution in [0.15, 0.2) is 127 Å². The predicted molar refractivity (Wildman–Crippen MR) is 281 cm³/mol. The smallest absolute Gasteiger partial charge is 0.345 e. The highest BCUT2D eigenvalue weighted by Gasteiger charge is 2.32. The molecule has 2 atom stereocenters. The maximum Gasteiger partial charge on any atom is 0.345 e. The first-order valence-corrected chi connectivity index (χ1v) is 25.4. The van der Waals surface area contributed by atoms with Crippen LogP contribution in [0, 0.1) is 26.6 Å². The van der Waals surface area contributed by atoms with E-state index in [2.05, 4.69) is 26.5 Å². The lowest BCUT2D eigenvalue weighted by atomic mass is 10.1. The fourth-order valence-electron chi connectivity index (χ4n) is 8.06. The van der Waals surface area contributed by atoms with Gasteiger partial charge in [-0.05, 0) is 105 Å². The summed E-state index contributed by atoms with van der Waals surface area (Å²) in [6, 6.07) is 24.8. The van der Waals surface area contributed by atoms with Crippen molar-refractivity contribution in [3.05, 3.63) is 171 Å². The van der Waals surface area contributed by atoms with Crippen molar-refractivity contribution in [3.63, 3.8) is 0 Å². The fraction of sp³-hybridized carbons (Fsp3) is 0.204. The molecule has 0 aliphatic carbocycles. The Balaban J connectivity index is 1.17. The molecule has 21 heteroatoms. The Morgan fingerprint density at radius 3 is 2.28 bits per heavy atom. The van der Waals surface area contributed by atoms with Crippen molar-refractivity contribution in [3.8, 4) is 57.2 Å². The summed E-state index contributed by atoms with van der Waals surface area (Å²) in [6.07, 6.45) is 1.13. The van der Waals surface area contributed by atoms with E-state index in [-0.39, 0.29) is 91.6 Å². The van der Waals surface area contributed by atoms with Crippen molar-refractivity contribution in [1.82, 2.24) is 24.5 Å². The number of phenols is 1. The summed E-state index contributed by atoms with van der Waals surface area (Å²) in [5.41, 5.74) is 4.11. The lowest BCUT2D eigenvalue weighted by molar-refractivity contribution is -0.145. The molecule has 0 saturated carbocycles. The molecule has 1 unspecified atom stereocenters. The Morgan fingerprint density at radius 1 is 0.867 bits per heavy atom. The van der Waals surface area contributed by atoms with Crippen LogP contribution in [-0.4, -0.2) is 88.2 Å². The molecule has 0 spiro atoms. The summed E-state index contributed by atoms with van der Waals surface area (Å²) in [5, 5.41) is 21.4. The molecule has 388 valence electrons. The van der Waals surface area contributed by atoms with E-state index in [1.54, 1.807) is 56.0 Å². The molecule has 0 bridgehead atoms. The predicted octanol–water partition coefficient (Wildman–Crippen LogP) is 11.3. The number of carboxylic acid groups (broad SMARTS) is 1. The number of benzene rings is 5. The minimum absolute atomic E-state index is 0.0177. The summed E-state index contributed by atoms with van der Waals surface area (Å²) < 4.78 is 78.1. The second-order valence-electron chi connectivity index (χ2n) is 16.9. The number of carbonyl (C=O) groups is 1. The molecule has 0 aliphatic heterocycles. The number of aromatic hydroxyl groups is 1. The van der Waals surface area contributed by atoms with E-state index >= 15 is 0 Å². The molecule has 2 N–H and O–H groups in total. The SMILES string of the molecule is C=CCOC[C@H](COS(=O)(=O)c1ccc(C)cc1)Oc1c(Cl)c(C)c(-n2c(-c3ccc(F)cc3)c(Cl)c3ncnc(OC(Cc4cc(O)ccc4OCc4ccnc(-c5ccccc5OC)n4)C(=O)O)c32)c(C)c1Cl. The highest BCUT2D eigenvalue weighted by Crippen LogP contribution is 2.48. The van der Waals surface area contributed by atoms with Gasteiger partial charge in [0.1, 0.15) is 59.7 Å². The normalized spacial score (nSPS) is 12.3. The molecular formula is C54H47Cl3FN5O11S. The molecular weight excluding hydrogens is 1050 g/mol. The number of methoxy groups -OCH3 is 1. The molecule has 0 saturated heterocycles. The van der Waals surface area contributed by atoms with Crippen LogP contribution in [0.25, 0.3) is 39.4 Å². The number of aliphatic carboxylic acids is 1. The lowest BCUT2D eigenvalue weighted by Gasteiger charge is -2.25. The van der Waals surface area contributed by atoms with E-state index in [1.807, 2.05) is 25.1 Å². The number of ether oxygens (including phenoxy) is 5. The molecule has 0 aliphatic rings. The quantitative estimate of drug-likeness (QED) is 0.0368. The number of halogens is 4. The minimum atomic E-state index is -4.24. The molecule has 16 nitrogen and oxygen atoms in total. The van der Waals surface area contributed by atoms with Crippen LogP contribution in [0.5, 0.6) is 28.9 Å². The van der Waals surface area contributed by atoms with Gasteiger partial charge in [-0.3, -0.25) is 4.18 Å². The number of aromatic nitrogens is 5. The minimum Gasteiger partial charge on any atom is -0.508 e. The number of hydrogen-bond acceptors (Lipinski definition) is 14. The number of carboxylic acids is 1. The molecule has 8 aromatic rings. The Bertz CT molecular complexity index is 3500. The first-order valence-electron chi connectivity index (χ1n) is 22.9. The molecule has 3 aromatic heterocycles. The van der Waals surface area contributed by atoms with E-state index in [9.17, 15) is 27.8 Å². The summed E-state index contributed by atoms with van der Waals surface area (Å²) >= 11 is 21.6. The average molecular weight is 1100 g/mol. The van der Waals surface area contributed by atoms with Crippen molar-refractivity contribution in [2.24, 2.45) is 0 Å². The van der Waals surface area contributed by atoms with E-state index in [0.29, 0.717) is 45.2 Å². The van der Waals surface area contributed by atoms with Gasteiger partial charge in [0, 0.05) is 23.7 Å². The van der Waals surface area contributed by atoms with Gasteiger partial charge in [0.2, 0.25) is 12.0 Å². The van der Waals surface area contributed by atoms with Crippen molar-refractivity contribution in [2.45, 2.75) is 50.9 Å². The van der Waals surface area contributed by atoms with Crippen LogP contribution >= 0.6 is 34.8 Å². The van der Waals surface area contributed by atoms with Crippen LogP contribution in [0.2, 0.25) is 15.1 Å². The monoisotopic (exact) mass is 1100 g/mol. The van der Waals surface area contributed by atoms with E-state index in [4.69, 9.17) is 62.7 Å². The maximum atomic E-state index is 14.5. The standard InChI is InChI=1S/C54H47Cl3FN5O11S/c1-6-23-70-27-38(28-72-75(67,68)39-18-11-30(2)12-19-39)73-51-44(55)31(3)48(32(4)45(51)56)63-49(33-13-15-35(58)16-14-33)46(57)47-50(63)53(61-29-60-47)74-43(54(65)66)25-34-24-37(64)17-20-41(34)71-26-36-21-22-59-52(62-36)40-9-7-8-10-42(40)69-5/h6-22,24,29,38,43,64H,1,23,25-28H2,2-5H3,(H,65,66)/t38-,43?/m1/s1. The van der Waals surface area contributed by atoms with Crippen LogP contribution in [0.3, 0.4) is 0 Å². The molecule has 3 heterocycles. The van der Waals surface area contributed by atoms with Gasteiger partial charge in [-0.25, -0.2) is 24.1 Å². The van der Waals surface area contributed by atoms with Crippen LogP contribution in [-0.2, 0) is 36.9 Å². The van der Waals surface area contributed by atoms with Crippen molar-refractivity contribution in [1.29, 1.82) is 0 Å². The molecule has 0 fully saturated rings. The van der Waals surface area contributed by atoms with Crippen LogP contribution in [0.4, 0.5) is 4.39 Å². The van der Waals surface area contributed by atoms with Crippen LogP contribution < -0.4 is 18.9 Å². The zero-order valence-electron chi connectivity index (χ0n) is 40.6. The topological polar surface area (TPSA) is 204 Å². The Hall–Kier alpha value is -7.32. The van der Waals surface area contributed by atoms with Crippen molar-refractivity contribution >= 4 is 61.9 Å². The van der Waals surface area contributed by atoms with Gasteiger partial charge in [-0.1, -0.05) is 70.7 Å².